The smallest absolute Gasteiger partial charge is 0.0552 e. The molecule has 0 aromatic heterocycles. The van der Waals surface area contributed by atoms with Gasteiger partial charge in [-0.05, 0) is 82.1 Å². The molecule has 1 heterocycles. The normalized spacial score (nSPS) is 11.9. The standard InChI is InChI=1S/C41H29NS/c1-4-14-29(15-5-1)26-31-16-10-11-23-34(31)37-27-36-35-24-12-17-30-18-13-25-38(41(30)35)42(32-19-6-2-7-20-32)39(36)28-40(37)43-33-21-8-3-9-22-33/h1-25,27-28H,26H2. The Morgan fingerprint density at radius 1 is 0.465 bits per heavy atom. The SMILES string of the molecule is c1ccc(Cc2ccccc2-c2cc3c(cc2Sc2ccccc2)N(c2ccccc2)c2cccc4cccc-3c24)cc1. The first kappa shape index (κ1) is 25.6. The van der Waals surface area contributed by atoms with Crippen LogP contribution in [0.15, 0.2) is 174 Å². The summed E-state index contributed by atoms with van der Waals surface area (Å²) in [6.07, 6.45) is 0.887. The Bertz CT molecular complexity index is 2060. The van der Waals surface area contributed by atoms with Crippen molar-refractivity contribution in [3.8, 4) is 22.3 Å². The molecule has 0 atom stereocenters. The van der Waals surface area contributed by atoms with Crippen molar-refractivity contribution in [3.63, 3.8) is 0 Å². The molecular weight excluding hydrogens is 539 g/mol. The van der Waals surface area contributed by atoms with E-state index in [1.807, 2.05) is 11.8 Å². The van der Waals surface area contributed by atoms with Crippen LogP contribution in [0.3, 0.4) is 0 Å². The van der Waals surface area contributed by atoms with Gasteiger partial charge < -0.3 is 4.90 Å². The highest BCUT2D eigenvalue weighted by molar-refractivity contribution is 7.99. The Morgan fingerprint density at radius 2 is 1.12 bits per heavy atom. The maximum absolute atomic E-state index is 2.45. The average Bonchev–Trinajstić information content (AvgIpc) is 3.07. The minimum absolute atomic E-state index is 0.887. The minimum atomic E-state index is 0.887. The van der Waals surface area contributed by atoms with Gasteiger partial charge in [0.2, 0.25) is 0 Å². The van der Waals surface area contributed by atoms with Crippen LogP contribution < -0.4 is 4.90 Å². The number of nitrogens with zero attached hydrogens (tertiary/aromatic N) is 1. The van der Waals surface area contributed by atoms with E-state index < -0.39 is 0 Å². The van der Waals surface area contributed by atoms with Crippen LogP contribution in [0, 0.1) is 0 Å². The summed E-state index contributed by atoms with van der Waals surface area (Å²) >= 11 is 1.84. The first-order valence-electron chi connectivity index (χ1n) is 14.7. The third-order valence-corrected chi connectivity index (χ3v) is 9.35. The molecule has 7 aromatic carbocycles. The molecule has 0 aliphatic carbocycles. The Morgan fingerprint density at radius 3 is 1.91 bits per heavy atom. The van der Waals surface area contributed by atoms with Gasteiger partial charge in [-0.25, -0.2) is 0 Å². The summed E-state index contributed by atoms with van der Waals surface area (Å²) in [5, 5.41) is 2.56. The van der Waals surface area contributed by atoms with Gasteiger partial charge in [0.1, 0.15) is 0 Å². The number of para-hydroxylation sites is 1. The molecule has 204 valence electrons. The summed E-state index contributed by atoms with van der Waals surface area (Å²) in [5.74, 6) is 0. The highest BCUT2D eigenvalue weighted by Gasteiger charge is 2.28. The average molecular weight is 568 g/mol. The number of hydrogen-bond acceptors (Lipinski definition) is 2. The second-order valence-corrected chi connectivity index (χ2v) is 12.1. The summed E-state index contributed by atoms with van der Waals surface area (Å²) in [5.41, 5.74) is 11.3. The minimum Gasteiger partial charge on any atom is -0.309 e. The van der Waals surface area contributed by atoms with E-state index in [0.717, 1.165) is 6.42 Å². The molecule has 0 fully saturated rings. The van der Waals surface area contributed by atoms with Crippen molar-refractivity contribution in [1.29, 1.82) is 0 Å². The molecule has 1 aliphatic heterocycles. The molecule has 8 rings (SSSR count). The van der Waals surface area contributed by atoms with E-state index in [9.17, 15) is 0 Å². The number of rotatable bonds is 6. The van der Waals surface area contributed by atoms with Crippen molar-refractivity contribution >= 4 is 39.6 Å². The zero-order valence-corrected chi connectivity index (χ0v) is 24.5. The fourth-order valence-electron chi connectivity index (χ4n) is 6.35. The van der Waals surface area contributed by atoms with Gasteiger partial charge in [0.05, 0.1) is 11.4 Å². The Balaban J connectivity index is 1.41. The topological polar surface area (TPSA) is 3.24 Å². The van der Waals surface area contributed by atoms with Gasteiger partial charge in [0.15, 0.2) is 0 Å². The van der Waals surface area contributed by atoms with Crippen molar-refractivity contribution in [3.05, 3.63) is 175 Å². The van der Waals surface area contributed by atoms with Crippen LogP contribution in [0.5, 0.6) is 0 Å². The fourth-order valence-corrected chi connectivity index (χ4v) is 7.35. The molecule has 0 saturated heterocycles. The molecule has 0 amide bonds. The largest absolute Gasteiger partial charge is 0.309 e. The molecule has 0 saturated carbocycles. The van der Waals surface area contributed by atoms with E-state index in [2.05, 4.69) is 169 Å². The molecule has 7 aromatic rings. The first-order chi connectivity index (χ1) is 21.3. The number of hydrogen-bond donors (Lipinski definition) is 0. The van der Waals surface area contributed by atoms with E-state index in [4.69, 9.17) is 0 Å². The fraction of sp³-hybridized carbons (Fsp3) is 0.0244. The summed E-state index contributed by atoms with van der Waals surface area (Å²) in [4.78, 5) is 4.92. The molecule has 0 radical (unpaired) electrons. The Labute approximate surface area is 257 Å². The first-order valence-corrected chi connectivity index (χ1v) is 15.6. The van der Waals surface area contributed by atoms with Crippen LogP contribution in [0.4, 0.5) is 17.1 Å². The molecule has 0 spiro atoms. The van der Waals surface area contributed by atoms with Crippen LogP contribution >= 0.6 is 11.8 Å². The molecule has 0 bridgehead atoms. The number of fused-ring (bicyclic) bond motifs is 2. The zero-order chi connectivity index (χ0) is 28.6. The predicted molar refractivity (Wildman–Crippen MR) is 183 cm³/mol. The molecule has 1 aliphatic rings. The quantitative estimate of drug-likeness (QED) is 0.197. The molecule has 0 N–H and O–H groups in total. The van der Waals surface area contributed by atoms with Gasteiger partial charge in [-0.1, -0.05) is 133 Å². The summed E-state index contributed by atoms with van der Waals surface area (Å²) in [6, 6.07) is 59.5. The van der Waals surface area contributed by atoms with Crippen LogP contribution in [0.2, 0.25) is 0 Å². The van der Waals surface area contributed by atoms with Crippen molar-refractivity contribution < 1.29 is 0 Å². The van der Waals surface area contributed by atoms with E-state index in [0.29, 0.717) is 0 Å². The Kier molecular flexibility index (Phi) is 6.55. The monoisotopic (exact) mass is 567 g/mol. The van der Waals surface area contributed by atoms with Gasteiger partial charge in [-0.15, -0.1) is 0 Å². The third-order valence-electron chi connectivity index (χ3n) is 8.28. The summed E-state index contributed by atoms with van der Waals surface area (Å²) in [6.45, 7) is 0. The zero-order valence-electron chi connectivity index (χ0n) is 23.7. The van der Waals surface area contributed by atoms with Crippen molar-refractivity contribution in [1.82, 2.24) is 0 Å². The number of benzene rings is 7. The Hall–Kier alpha value is -5.05. The van der Waals surface area contributed by atoms with Crippen molar-refractivity contribution in [2.75, 3.05) is 4.90 Å². The van der Waals surface area contributed by atoms with E-state index in [-0.39, 0.29) is 0 Å². The van der Waals surface area contributed by atoms with Crippen LogP contribution in [-0.2, 0) is 6.42 Å². The van der Waals surface area contributed by atoms with Crippen LogP contribution in [-0.4, -0.2) is 0 Å². The van der Waals surface area contributed by atoms with Gasteiger partial charge >= 0.3 is 0 Å². The highest BCUT2D eigenvalue weighted by Crippen LogP contribution is 2.54. The molecule has 0 unspecified atom stereocenters. The highest BCUT2D eigenvalue weighted by atomic mass is 32.2. The van der Waals surface area contributed by atoms with Crippen molar-refractivity contribution in [2.45, 2.75) is 16.2 Å². The van der Waals surface area contributed by atoms with E-state index in [1.165, 1.54) is 71.0 Å². The summed E-state index contributed by atoms with van der Waals surface area (Å²) in [7, 11) is 0. The van der Waals surface area contributed by atoms with Gasteiger partial charge in [0.25, 0.3) is 0 Å². The second kappa shape index (κ2) is 11.0. The summed E-state index contributed by atoms with van der Waals surface area (Å²) < 4.78 is 0. The van der Waals surface area contributed by atoms with Gasteiger partial charge in [-0.2, -0.15) is 0 Å². The molecular formula is C41H29NS. The molecule has 2 heteroatoms. The molecule has 1 nitrogen and oxygen atoms in total. The second-order valence-electron chi connectivity index (χ2n) is 11.0. The van der Waals surface area contributed by atoms with Crippen LogP contribution in [0.1, 0.15) is 11.1 Å². The van der Waals surface area contributed by atoms with Gasteiger partial charge in [-0.3, -0.25) is 0 Å². The van der Waals surface area contributed by atoms with Crippen LogP contribution in [0.25, 0.3) is 33.0 Å². The lowest BCUT2D eigenvalue weighted by molar-refractivity contribution is 1.19. The predicted octanol–water partition coefficient (Wildman–Crippen LogP) is 11.7. The van der Waals surface area contributed by atoms with Gasteiger partial charge in [0, 0.05) is 26.4 Å². The van der Waals surface area contributed by atoms with E-state index >= 15 is 0 Å². The lowest BCUT2D eigenvalue weighted by Crippen LogP contribution is -2.15. The molecule has 43 heavy (non-hydrogen) atoms. The third kappa shape index (κ3) is 4.70. The lowest BCUT2D eigenvalue weighted by atomic mass is 9.87. The van der Waals surface area contributed by atoms with E-state index in [1.54, 1.807) is 0 Å². The maximum atomic E-state index is 2.45. The lowest BCUT2D eigenvalue weighted by Gasteiger charge is -2.34. The number of anilines is 3. The maximum Gasteiger partial charge on any atom is 0.0552 e. The van der Waals surface area contributed by atoms with Crippen molar-refractivity contribution in [2.24, 2.45) is 0 Å².